The van der Waals surface area contributed by atoms with Gasteiger partial charge in [-0.15, -0.1) is 0 Å². The first-order chi connectivity index (χ1) is 27.8. The molecule has 0 saturated heterocycles. The van der Waals surface area contributed by atoms with Crippen molar-refractivity contribution >= 4 is 47.9 Å². The molecule has 0 atom stereocenters. The van der Waals surface area contributed by atoms with Gasteiger partial charge in [-0.05, 0) is 0 Å². The molecule has 0 bridgehead atoms. The number of nitrogens with zero attached hydrogens (tertiary/aromatic N) is 1. The summed E-state index contributed by atoms with van der Waals surface area (Å²) in [6, 6.07) is 83.7. The maximum absolute atomic E-state index is 3.76. The van der Waals surface area contributed by atoms with Crippen LogP contribution < -0.4 is 22.5 Å². The van der Waals surface area contributed by atoms with Crippen LogP contribution in [-0.4, -0.2) is 13.3 Å². The summed E-state index contributed by atoms with van der Waals surface area (Å²) < 4.78 is 5.94. The molecule has 1 nitrogen and oxygen atoms in total. The Morgan fingerprint density at radius 2 is 0.589 bits per heavy atom. The van der Waals surface area contributed by atoms with Gasteiger partial charge in [-0.3, -0.25) is 0 Å². The Bertz CT molecular complexity index is 2730. The molecular weight excluding hydrogens is 735 g/mol. The second kappa shape index (κ2) is 13.3. The Hall–Kier alpha value is -6.68. The van der Waals surface area contributed by atoms with Gasteiger partial charge in [0.05, 0.1) is 0 Å². The SMILES string of the molecule is c1ccc(-c2ccccc2-c2ccc3[c](c2)[Ge]2([c]4ccccc4-c4cccc[c]42)[c]2cc(-c4ccccc4-c4ccccc4)ccc2N3c2ccccc2)cc1. The van der Waals surface area contributed by atoms with Crippen molar-refractivity contribution in [3.8, 4) is 55.6 Å². The number of hydrogen-bond acceptors (Lipinski definition) is 1. The van der Waals surface area contributed by atoms with Crippen molar-refractivity contribution < 1.29 is 0 Å². The third kappa shape index (κ3) is 4.94. The van der Waals surface area contributed by atoms with Crippen molar-refractivity contribution in [2.24, 2.45) is 0 Å². The van der Waals surface area contributed by atoms with E-state index in [2.05, 4.69) is 229 Å². The number of hydrogen-bond donors (Lipinski definition) is 0. The van der Waals surface area contributed by atoms with E-state index in [9.17, 15) is 0 Å². The first-order valence-electron chi connectivity index (χ1n) is 19.4. The van der Waals surface area contributed by atoms with Crippen molar-refractivity contribution in [1.29, 1.82) is 0 Å². The van der Waals surface area contributed by atoms with Crippen LogP contribution in [0.15, 0.2) is 224 Å². The van der Waals surface area contributed by atoms with Crippen molar-refractivity contribution in [3.05, 3.63) is 224 Å². The Balaban J connectivity index is 1.26. The van der Waals surface area contributed by atoms with Gasteiger partial charge in [-0.25, -0.2) is 0 Å². The first kappa shape index (κ1) is 32.7. The van der Waals surface area contributed by atoms with E-state index in [1.54, 1.807) is 0 Å². The fourth-order valence-electron chi connectivity index (χ4n) is 9.55. The van der Waals surface area contributed by atoms with Gasteiger partial charge in [0.15, 0.2) is 0 Å². The van der Waals surface area contributed by atoms with Gasteiger partial charge in [-0.2, -0.15) is 0 Å². The van der Waals surface area contributed by atoms with E-state index in [-0.39, 0.29) is 0 Å². The van der Waals surface area contributed by atoms with Crippen LogP contribution in [0.1, 0.15) is 0 Å². The van der Waals surface area contributed by atoms with Crippen LogP contribution in [0.25, 0.3) is 55.6 Å². The van der Waals surface area contributed by atoms with Crippen LogP contribution in [0.2, 0.25) is 0 Å². The minimum atomic E-state index is -3.76. The van der Waals surface area contributed by atoms with Gasteiger partial charge in [0.2, 0.25) is 0 Å². The summed E-state index contributed by atoms with van der Waals surface area (Å²) in [5.74, 6) is 0. The Labute approximate surface area is 331 Å². The summed E-state index contributed by atoms with van der Waals surface area (Å²) >= 11 is -3.76. The summed E-state index contributed by atoms with van der Waals surface area (Å²) in [6.45, 7) is 0. The fraction of sp³-hybridized carbons (Fsp3) is 0. The molecule has 2 heteroatoms. The molecular formula is C54H37GeN. The molecule has 2 aliphatic rings. The van der Waals surface area contributed by atoms with Crippen LogP contribution in [0.5, 0.6) is 0 Å². The Kier molecular flexibility index (Phi) is 7.75. The molecule has 0 aliphatic carbocycles. The Morgan fingerprint density at radius 3 is 1.02 bits per heavy atom. The van der Waals surface area contributed by atoms with E-state index >= 15 is 0 Å². The number of benzene rings is 9. The molecule has 0 radical (unpaired) electrons. The molecule has 2 heterocycles. The number of anilines is 3. The molecule has 0 amide bonds. The molecule has 56 heavy (non-hydrogen) atoms. The predicted octanol–water partition coefficient (Wildman–Crippen LogP) is 11.5. The summed E-state index contributed by atoms with van der Waals surface area (Å²) in [4.78, 5) is 2.53. The summed E-state index contributed by atoms with van der Waals surface area (Å²) in [5.41, 5.74) is 16.4. The van der Waals surface area contributed by atoms with Gasteiger partial charge >= 0.3 is 333 Å². The van der Waals surface area contributed by atoms with Crippen LogP contribution >= 0.6 is 0 Å². The molecule has 9 aromatic rings. The molecule has 0 N–H and O–H groups in total. The van der Waals surface area contributed by atoms with Gasteiger partial charge in [0, 0.05) is 0 Å². The molecule has 0 saturated carbocycles. The number of para-hydroxylation sites is 1. The van der Waals surface area contributed by atoms with Crippen LogP contribution in [0.3, 0.4) is 0 Å². The van der Waals surface area contributed by atoms with E-state index in [0.29, 0.717) is 0 Å². The molecule has 0 aromatic heterocycles. The van der Waals surface area contributed by atoms with E-state index < -0.39 is 13.3 Å². The van der Waals surface area contributed by atoms with Gasteiger partial charge in [0.1, 0.15) is 0 Å². The summed E-state index contributed by atoms with van der Waals surface area (Å²) in [7, 11) is 0. The topological polar surface area (TPSA) is 3.24 Å². The van der Waals surface area contributed by atoms with Crippen molar-refractivity contribution in [3.63, 3.8) is 0 Å². The average molecular weight is 773 g/mol. The fourth-order valence-corrected chi connectivity index (χ4v) is 21.3. The molecule has 9 aromatic carbocycles. The maximum atomic E-state index is 2.58. The molecule has 0 unspecified atom stereocenters. The van der Waals surface area contributed by atoms with Crippen LogP contribution in [0.4, 0.5) is 17.1 Å². The first-order valence-corrected chi connectivity index (χ1v) is 23.6. The summed E-state index contributed by atoms with van der Waals surface area (Å²) in [6.07, 6.45) is 0. The standard InChI is InChI=1S/C54H37GeN/c1-4-18-38(19-5-1)43-24-10-12-26-45(43)40-32-34-53-51(36-40)55(49-30-16-14-28-47(49)48-29-15-17-31-50(48)55)52-37-41(33-35-54(52)56(53)42-22-8-3-9-23-42)46-27-13-11-25-44(46)39-20-6-2-7-21-39/h1-37H. The van der Waals surface area contributed by atoms with Crippen molar-refractivity contribution in [1.82, 2.24) is 0 Å². The van der Waals surface area contributed by atoms with Crippen molar-refractivity contribution in [2.45, 2.75) is 0 Å². The van der Waals surface area contributed by atoms with Gasteiger partial charge in [-0.1, -0.05) is 0 Å². The average Bonchev–Trinajstić information content (AvgIpc) is 3.58. The molecule has 1 spiro atoms. The zero-order chi connectivity index (χ0) is 37.1. The number of rotatable bonds is 5. The zero-order valence-electron chi connectivity index (χ0n) is 30.8. The molecule has 11 rings (SSSR count). The third-order valence-electron chi connectivity index (χ3n) is 11.9. The molecule has 262 valence electrons. The Morgan fingerprint density at radius 1 is 0.250 bits per heavy atom. The second-order valence-electron chi connectivity index (χ2n) is 14.8. The van der Waals surface area contributed by atoms with Gasteiger partial charge in [0.25, 0.3) is 0 Å². The molecule has 0 fully saturated rings. The van der Waals surface area contributed by atoms with E-state index in [0.717, 1.165) is 0 Å². The zero-order valence-corrected chi connectivity index (χ0v) is 32.9. The quantitative estimate of drug-likeness (QED) is 0.158. The van der Waals surface area contributed by atoms with E-state index in [4.69, 9.17) is 0 Å². The number of fused-ring (bicyclic) bond motifs is 9. The van der Waals surface area contributed by atoms with E-state index in [1.807, 2.05) is 0 Å². The monoisotopic (exact) mass is 773 g/mol. The van der Waals surface area contributed by atoms with Gasteiger partial charge < -0.3 is 0 Å². The second-order valence-corrected chi connectivity index (χ2v) is 22.5. The third-order valence-corrected chi connectivity index (χ3v) is 22.2. The summed E-state index contributed by atoms with van der Waals surface area (Å²) in [5, 5.41) is 0. The predicted molar refractivity (Wildman–Crippen MR) is 239 cm³/mol. The van der Waals surface area contributed by atoms with Crippen molar-refractivity contribution in [2.75, 3.05) is 4.90 Å². The van der Waals surface area contributed by atoms with Crippen LogP contribution in [-0.2, 0) is 0 Å². The normalized spacial score (nSPS) is 13.1. The van der Waals surface area contributed by atoms with Crippen LogP contribution in [0, 0.1) is 0 Å². The van der Waals surface area contributed by atoms with E-state index in [1.165, 1.54) is 90.3 Å². The minimum absolute atomic E-state index is 1.17. The molecule has 2 aliphatic heterocycles.